The van der Waals surface area contributed by atoms with Crippen molar-refractivity contribution < 1.29 is 53.0 Å². The average molecular weight is 607 g/mol. The molecular formula is C31H30N2O11. The highest BCUT2D eigenvalue weighted by molar-refractivity contribution is 6.19. The van der Waals surface area contributed by atoms with Gasteiger partial charge in [-0.05, 0) is 43.4 Å². The summed E-state index contributed by atoms with van der Waals surface area (Å²) in [6.45, 7) is 2.72. The first-order valence-electron chi connectivity index (χ1n) is 13.5. The van der Waals surface area contributed by atoms with E-state index in [1.54, 1.807) is 25.1 Å². The first kappa shape index (κ1) is 33.3. The zero-order valence-electron chi connectivity index (χ0n) is 23.8. The Kier molecular flexibility index (Phi) is 10.2. The van der Waals surface area contributed by atoms with Crippen LogP contribution in [-0.2, 0) is 60.5 Å². The molecule has 3 rings (SSSR count). The maximum atomic E-state index is 14.3. The van der Waals surface area contributed by atoms with E-state index >= 15 is 0 Å². The molecule has 0 bridgehead atoms. The number of aliphatic carboxylic acids is 1. The van der Waals surface area contributed by atoms with Gasteiger partial charge in [0.05, 0.1) is 12.6 Å². The SMILES string of the molecule is CCOC(=O)[C@H](CCc1ccccc1)N[C@@H](C)C(=O)N1C(C=O)(C=O)c2cccc(C=O)c2C(C=O)(C=O)[C@]1(C=O)C(=O)O. The lowest BCUT2D eigenvalue weighted by atomic mass is 9.57. The Morgan fingerprint density at radius 2 is 1.55 bits per heavy atom. The van der Waals surface area contributed by atoms with Crippen molar-refractivity contribution in [1.82, 2.24) is 10.2 Å². The van der Waals surface area contributed by atoms with Gasteiger partial charge in [-0.25, -0.2) is 4.79 Å². The van der Waals surface area contributed by atoms with Gasteiger partial charge in [0.25, 0.3) is 0 Å². The molecule has 0 spiro atoms. The minimum atomic E-state index is -3.53. The maximum absolute atomic E-state index is 14.3. The number of ether oxygens (including phenoxy) is 1. The molecule has 44 heavy (non-hydrogen) atoms. The van der Waals surface area contributed by atoms with Gasteiger partial charge in [-0.2, -0.15) is 0 Å². The number of esters is 1. The van der Waals surface area contributed by atoms with E-state index in [1.165, 1.54) is 13.0 Å². The van der Waals surface area contributed by atoms with Gasteiger partial charge in [0.1, 0.15) is 30.3 Å². The van der Waals surface area contributed by atoms with Crippen molar-refractivity contribution in [1.29, 1.82) is 0 Å². The van der Waals surface area contributed by atoms with Gasteiger partial charge in [0, 0.05) is 5.56 Å². The first-order chi connectivity index (χ1) is 21.0. The highest BCUT2D eigenvalue weighted by Gasteiger charge is 2.73. The van der Waals surface area contributed by atoms with E-state index < -0.39 is 69.4 Å². The van der Waals surface area contributed by atoms with E-state index in [2.05, 4.69) is 5.32 Å². The van der Waals surface area contributed by atoms with Crippen molar-refractivity contribution in [3.63, 3.8) is 0 Å². The number of benzene rings is 2. The first-order valence-corrected chi connectivity index (χ1v) is 13.5. The molecule has 0 aliphatic carbocycles. The van der Waals surface area contributed by atoms with Crippen LogP contribution in [0.1, 0.15) is 47.3 Å². The molecule has 13 heteroatoms. The minimum Gasteiger partial charge on any atom is -0.479 e. The normalized spacial score (nSPS) is 19.3. The molecular weight excluding hydrogens is 576 g/mol. The van der Waals surface area contributed by atoms with Crippen LogP contribution in [0.3, 0.4) is 0 Å². The van der Waals surface area contributed by atoms with Crippen LogP contribution < -0.4 is 5.32 Å². The van der Waals surface area contributed by atoms with Crippen LogP contribution in [0.15, 0.2) is 48.5 Å². The van der Waals surface area contributed by atoms with Crippen molar-refractivity contribution in [2.75, 3.05) is 6.61 Å². The van der Waals surface area contributed by atoms with Gasteiger partial charge in [-0.1, -0.05) is 48.5 Å². The number of rotatable bonds is 15. The molecule has 230 valence electrons. The van der Waals surface area contributed by atoms with Gasteiger partial charge in [-0.15, -0.1) is 0 Å². The van der Waals surface area contributed by atoms with E-state index in [1.807, 2.05) is 12.1 Å². The summed E-state index contributed by atoms with van der Waals surface area (Å²) < 4.78 is 5.13. The molecule has 0 aromatic heterocycles. The smallest absolute Gasteiger partial charge is 0.339 e. The Labute approximate surface area is 251 Å². The zero-order valence-corrected chi connectivity index (χ0v) is 23.8. The van der Waals surface area contributed by atoms with E-state index in [0.717, 1.165) is 17.7 Å². The second-order valence-electron chi connectivity index (χ2n) is 10.1. The molecule has 1 amide bonds. The molecule has 1 aliphatic heterocycles. The Morgan fingerprint density at radius 3 is 2.05 bits per heavy atom. The molecule has 1 aliphatic rings. The zero-order chi connectivity index (χ0) is 32.7. The molecule has 2 N–H and O–H groups in total. The minimum absolute atomic E-state index is 0.0134. The number of carboxylic acid groups (broad SMARTS) is 1. The average Bonchev–Trinajstić information content (AvgIpc) is 3.05. The number of nitrogens with one attached hydrogen (secondary N) is 1. The quantitative estimate of drug-likeness (QED) is 0.158. The molecule has 0 saturated heterocycles. The third kappa shape index (κ3) is 5.04. The maximum Gasteiger partial charge on any atom is 0.339 e. The summed E-state index contributed by atoms with van der Waals surface area (Å²) in [6.07, 6.45) is -0.481. The summed E-state index contributed by atoms with van der Waals surface area (Å²) in [7, 11) is 0. The fourth-order valence-corrected chi connectivity index (χ4v) is 5.70. The monoisotopic (exact) mass is 606 g/mol. The molecule has 2 aromatic carbocycles. The highest BCUT2D eigenvalue weighted by atomic mass is 16.5. The fourth-order valence-electron chi connectivity index (χ4n) is 5.70. The van der Waals surface area contributed by atoms with Crippen LogP contribution in [0, 0.1) is 0 Å². The second-order valence-corrected chi connectivity index (χ2v) is 10.1. The number of carbonyl (C=O) groups excluding carboxylic acids is 8. The van der Waals surface area contributed by atoms with Crippen LogP contribution in [0.2, 0.25) is 0 Å². The van der Waals surface area contributed by atoms with E-state index in [4.69, 9.17) is 4.74 Å². The van der Waals surface area contributed by atoms with Crippen molar-refractivity contribution in [3.8, 4) is 0 Å². The van der Waals surface area contributed by atoms with Crippen molar-refractivity contribution in [3.05, 3.63) is 70.8 Å². The summed E-state index contributed by atoms with van der Waals surface area (Å²) in [5, 5.41) is 13.2. The second kappa shape index (κ2) is 13.4. The Morgan fingerprint density at radius 1 is 0.909 bits per heavy atom. The highest BCUT2D eigenvalue weighted by Crippen LogP contribution is 2.51. The summed E-state index contributed by atoms with van der Waals surface area (Å²) in [5.74, 6) is -4.41. The van der Waals surface area contributed by atoms with Crippen LogP contribution in [-0.4, -0.2) is 89.8 Å². The van der Waals surface area contributed by atoms with Gasteiger partial charge in [0.2, 0.25) is 11.4 Å². The van der Waals surface area contributed by atoms with Gasteiger partial charge >= 0.3 is 11.9 Å². The largest absolute Gasteiger partial charge is 0.479 e. The van der Waals surface area contributed by atoms with Crippen LogP contribution >= 0.6 is 0 Å². The van der Waals surface area contributed by atoms with Crippen molar-refractivity contribution >= 4 is 55.6 Å². The van der Waals surface area contributed by atoms with Gasteiger partial charge in [-0.3, -0.25) is 39.0 Å². The molecule has 0 fully saturated rings. The van der Waals surface area contributed by atoms with Crippen LogP contribution in [0.5, 0.6) is 0 Å². The third-order valence-corrected chi connectivity index (χ3v) is 7.83. The standard InChI is InChI=1S/C31H30N2O11/c1-3-44-27(41)24(13-12-21-8-5-4-6-9-21)32-20(2)26(40)33-30(17-37,18-38)23-11-7-10-22(14-34)25(23)29(15-35,16-36)31(33,19-39)28(42)43/h4-11,14-20,24,32H,3,12-13H2,1-2H3,(H,42,43)/t20-,24-,31-/m0/s1. The predicted molar refractivity (Wildman–Crippen MR) is 150 cm³/mol. The Bertz CT molecular complexity index is 1470. The molecule has 0 radical (unpaired) electrons. The van der Waals surface area contributed by atoms with E-state index in [-0.39, 0.29) is 49.4 Å². The number of nitrogens with zero attached hydrogens (tertiary/aromatic N) is 1. The number of fused-ring (bicyclic) bond motifs is 1. The molecule has 3 atom stereocenters. The molecule has 13 nitrogen and oxygen atoms in total. The number of aldehydes is 6. The molecule has 0 saturated carbocycles. The molecule has 1 heterocycles. The fraction of sp³-hybridized carbons (Fsp3) is 0.323. The van der Waals surface area contributed by atoms with Crippen molar-refractivity contribution in [2.45, 2.75) is 55.3 Å². The Balaban J connectivity index is 2.27. The molecule has 2 aromatic rings. The Hall–Kier alpha value is -5.17. The lowest BCUT2D eigenvalue weighted by Crippen LogP contribution is -2.80. The predicted octanol–water partition coefficient (Wildman–Crippen LogP) is 0.135. The number of hydrogen-bond donors (Lipinski definition) is 2. The lowest BCUT2D eigenvalue weighted by Gasteiger charge is -2.56. The number of aryl methyl sites for hydroxylation is 1. The summed E-state index contributed by atoms with van der Waals surface area (Å²) in [5.41, 5.74) is -10.4. The number of carboxylic acids is 1. The lowest BCUT2D eigenvalue weighted by molar-refractivity contribution is -0.181. The van der Waals surface area contributed by atoms with Gasteiger partial charge < -0.3 is 19.4 Å². The van der Waals surface area contributed by atoms with E-state index in [0.29, 0.717) is 6.42 Å². The summed E-state index contributed by atoms with van der Waals surface area (Å²) in [4.78, 5) is 116. The number of hydrogen-bond acceptors (Lipinski definition) is 11. The van der Waals surface area contributed by atoms with Gasteiger partial charge in [0.15, 0.2) is 24.4 Å². The number of carbonyl (C=O) groups is 9. The van der Waals surface area contributed by atoms with Crippen LogP contribution in [0.4, 0.5) is 0 Å². The molecule has 0 unspecified atom stereocenters. The third-order valence-electron chi connectivity index (χ3n) is 7.83. The van der Waals surface area contributed by atoms with Crippen molar-refractivity contribution in [2.24, 2.45) is 0 Å². The van der Waals surface area contributed by atoms with E-state index in [9.17, 15) is 48.3 Å². The number of amides is 1. The summed E-state index contributed by atoms with van der Waals surface area (Å²) >= 11 is 0. The summed E-state index contributed by atoms with van der Waals surface area (Å²) in [6, 6.07) is 9.53. The topological polar surface area (TPSA) is 198 Å². The van der Waals surface area contributed by atoms with Crippen LogP contribution in [0.25, 0.3) is 0 Å².